The molecule has 0 saturated carbocycles. The highest BCUT2D eigenvalue weighted by atomic mass is 16.5. The van der Waals surface area contributed by atoms with Crippen molar-refractivity contribution >= 4 is 34.9 Å². The van der Waals surface area contributed by atoms with Crippen LogP contribution in [0.25, 0.3) is 6.08 Å². The van der Waals surface area contributed by atoms with Gasteiger partial charge in [-0.05, 0) is 53.6 Å². The molecule has 10 nitrogen and oxygen atoms in total. The molecule has 3 aliphatic heterocycles. The van der Waals surface area contributed by atoms with Crippen molar-refractivity contribution in [3.8, 4) is 28.7 Å². The summed E-state index contributed by atoms with van der Waals surface area (Å²) in [6, 6.07) is 21.2. The fraction of sp³-hybridized carbons (Fsp3) is 0.237. The van der Waals surface area contributed by atoms with Crippen LogP contribution in [0, 0.1) is 5.92 Å². The van der Waals surface area contributed by atoms with Crippen molar-refractivity contribution in [1.29, 1.82) is 0 Å². The van der Waals surface area contributed by atoms with E-state index < -0.39 is 29.2 Å². The highest BCUT2D eigenvalue weighted by molar-refractivity contribution is 6.18. The molecule has 7 rings (SSSR count). The van der Waals surface area contributed by atoms with Crippen molar-refractivity contribution in [2.75, 3.05) is 45.8 Å². The average Bonchev–Trinajstić information content (AvgIpc) is 3.61. The molecule has 10 heteroatoms. The van der Waals surface area contributed by atoms with Gasteiger partial charge in [-0.1, -0.05) is 48.6 Å². The lowest BCUT2D eigenvalue weighted by molar-refractivity contribution is -0.121. The second-order valence-corrected chi connectivity index (χ2v) is 11.8. The Bertz CT molecular complexity index is 1980. The van der Waals surface area contributed by atoms with Crippen LogP contribution >= 0.6 is 0 Å². The first-order valence-corrected chi connectivity index (χ1v) is 15.4. The molecule has 3 heterocycles. The van der Waals surface area contributed by atoms with Crippen molar-refractivity contribution in [3.05, 3.63) is 107 Å². The van der Waals surface area contributed by atoms with Gasteiger partial charge in [0.2, 0.25) is 11.7 Å². The summed E-state index contributed by atoms with van der Waals surface area (Å²) >= 11 is 0. The number of nitrogens with one attached hydrogen (secondary N) is 1. The third-order valence-electron chi connectivity index (χ3n) is 9.71. The highest BCUT2D eigenvalue weighted by Crippen LogP contribution is 2.58. The van der Waals surface area contributed by atoms with E-state index >= 15 is 9.59 Å². The van der Waals surface area contributed by atoms with Crippen LogP contribution in [0.15, 0.2) is 84.9 Å². The number of carbonyl (C=O) groups is 3. The molecule has 0 aromatic heterocycles. The zero-order valence-corrected chi connectivity index (χ0v) is 27.1. The Labute approximate surface area is 277 Å². The van der Waals surface area contributed by atoms with Gasteiger partial charge >= 0.3 is 0 Å². The van der Waals surface area contributed by atoms with Crippen LogP contribution < -0.4 is 33.9 Å². The Kier molecular flexibility index (Phi) is 7.58. The summed E-state index contributed by atoms with van der Waals surface area (Å²) in [7, 11) is 7.43. The van der Waals surface area contributed by atoms with Gasteiger partial charge in [0, 0.05) is 22.5 Å². The van der Waals surface area contributed by atoms with E-state index in [1.807, 2.05) is 65.6 Å². The van der Waals surface area contributed by atoms with Crippen molar-refractivity contribution in [3.63, 3.8) is 0 Å². The molecular weight excluding hydrogens is 612 g/mol. The Morgan fingerprint density at radius 3 is 2.04 bits per heavy atom. The number of anilines is 2. The second kappa shape index (κ2) is 11.8. The molecule has 0 radical (unpaired) electrons. The lowest BCUT2D eigenvalue weighted by Gasteiger charge is -2.37. The van der Waals surface area contributed by atoms with Gasteiger partial charge in [-0.2, -0.15) is 0 Å². The zero-order chi connectivity index (χ0) is 33.7. The van der Waals surface area contributed by atoms with Crippen LogP contribution in [0.4, 0.5) is 11.4 Å². The lowest BCUT2D eigenvalue weighted by Crippen LogP contribution is -2.51. The summed E-state index contributed by atoms with van der Waals surface area (Å²) in [6.07, 6.45) is 3.89. The summed E-state index contributed by atoms with van der Waals surface area (Å²) in [5, 5.41) is 3.05. The Hall–Kier alpha value is -5.77. The summed E-state index contributed by atoms with van der Waals surface area (Å²) in [5.74, 6) is -0.678. The molecule has 48 heavy (non-hydrogen) atoms. The first-order valence-electron chi connectivity index (χ1n) is 15.4. The monoisotopic (exact) mass is 646 g/mol. The molecule has 4 aromatic rings. The number of rotatable bonds is 9. The second-order valence-electron chi connectivity index (χ2n) is 11.8. The molecule has 1 amide bonds. The minimum atomic E-state index is -1.49. The molecule has 0 aliphatic carbocycles. The number of ether oxygens (including phenoxy) is 5. The van der Waals surface area contributed by atoms with E-state index in [0.29, 0.717) is 34.1 Å². The van der Waals surface area contributed by atoms with Gasteiger partial charge in [0.1, 0.15) is 11.5 Å². The fourth-order valence-corrected chi connectivity index (χ4v) is 7.68. The molecule has 4 atom stereocenters. The number of methoxy groups -OCH3 is 5. The van der Waals surface area contributed by atoms with Gasteiger partial charge in [-0.25, -0.2) is 0 Å². The molecule has 0 unspecified atom stereocenters. The normalized spacial score (nSPS) is 21.6. The summed E-state index contributed by atoms with van der Waals surface area (Å²) < 4.78 is 27.7. The van der Waals surface area contributed by atoms with Crippen LogP contribution in [0.3, 0.4) is 0 Å². The minimum Gasteiger partial charge on any atom is -0.493 e. The predicted molar refractivity (Wildman–Crippen MR) is 180 cm³/mol. The molecule has 1 saturated heterocycles. The predicted octanol–water partition coefficient (Wildman–Crippen LogP) is 5.59. The molecule has 4 aromatic carbocycles. The molecule has 1 N–H and O–H groups in total. The average molecular weight is 647 g/mol. The standard InChI is InChI=1S/C38H34N2O8/c1-44-27-16-14-22(18-28(27)45-2)35(42)33-32(34(41)23-19-29(46-3)36(48-5)30(20-23)47-4)38(24-11-7-8-12-25(24)39-37(38)43)31-17-15-21-10-6-9-13-26(21)40(31)33/h6-20,31-33H,1-5H3,(H,39,43)/t31-,32-,33-,38-/m1/s1. The summed E-state index contributed by atoms with van der Waals surface area (Å²) in [5.41, 5.74) is 1.85. The van der Waals surface area contributed by atoms with E-state index in [9.17, 15) is 4.79 Å². The van der Waals surface area contributed by atoms with E-state index in [1.54, 1.807) is 30.3 Å². The topological polar surface area (TPSA) is 113 Å². The molecule has 1 spiro atoms. The lowest BCUT2D eigenvalue weighted by atomic mass is 9.64. The van der Waals surface area contributed by atoms with E-state index in [1.165, 1.54) is 35.5 Å². The maximum Gasteiger partial charge on any atom is 0.238 e. The van der Waals surface area contributed by atoms with E-state index in [2.05, 4.69) is 5.32 Å². The van der Waals surface area contributed by atoms with Crippen LogP contribution in [0.1, 0.15) is 31.8 Å². The van der Waals surface area contributed by atoms with Gasteiger partial charge in [0.25, 0.3) is 0 Å². The number of amides is 1. The van der Waals surface area contributed by atoms with E-state index in [0.717, 1.165) is 11.3 Å². The fourth-order valence-electron chi connectivity index (χ4n) is 7.68. The third kappa shape index (κ3) is 4.28. The van der Waals surface area contributed by atoms with Gasteiger partial charge in [0.15, 0.2) is 34.6 Å². The van der Waals surface area contributed by atoms with Crippen LogP contribution in [0.2, 0.25) is 0 Å². The quantitative estimate of drug-likeness (QED) is 0.233. The number of Topliss-reactive ketones (excluding diaryl/α,β-unsaturated/α-hetero) is 2. The number of carbonyl (C=O) groups excluding carboxylic acids is 3. The third-order valence-corrected chi connectivity index (χ3v) is 9.71. The number of hydrogen-bond acceptors (Lipinski definition) is 9. The number of benzene rings is 4. The Morgan fingerprint density at radius 2 is 1.35 bits per heavy atom. The van der Waals surface area contributed by atoms with Gasteiger partial charge in [0.05, 0.1) is 47.5 Å². The summed E-state index contributed by atoms with van der Waals surface area (Å²) in [6.45, 7) is 0. The van der Waals surface area contributed by atoms with E-state index in [4.69, 9.17) is 23.7 Å². The molecular formula is C38H34N2O8. The minimum absolute atomic E-state index is 0.202. The van der Waals surface area contributed by atoms with Crippen LogP contribution in [0.5, 0.6) is 28.7 Å². The zero-order valence-electron chi connectivity index (χ0n) is 27.1. The number of hydrogen-bond donors (Lipinski definition) is 1. The molecule has 3 aliphatic rings. The van der Waals surface area contributed by atoms with Crippen molar-refractivity contribution in [2.24, 2.45) is 5.92 Å². The smallest absolute Gasteiger partial charge is 0.238 e. The largest absolute Gasteiger partial charge is 0.493 e. The summed E-state index contributed by atoms with van der Waals surface area (Å²) in [4.78, 5) is 47.1. The number of fused-ring (bicyclic) bond motifs is 6. The van der Waals surface area contributed by atoms with Crippen LogP contribution in [-0.4, -0.2) is 65.1 Å². The highest BCUT2D eigenvalue weighted by Gasteiger charge is 2.70. The molecule has 0 bridgehead atoms. The Morgan fingerprint density at radius 1 is 0.708 bits per heavy atom. The molecule has 1 fully saturated rings. The van der Waals surface area contributed by atoms with Gasteiger partial charge < -0.3 is 33.9 Å². The van der Waals surface area contributed by atoms with Gasteiger partial charge in [-0.3, -0.25) is 14.4 Å². The molecule has 244 valence electrons. The Balaban J connectivity index is 1.53. The van der Waals surface area contributed by atoms with Crippen molar-refractivity contribution < 1.29 is 38.1 Å². The number of para-hydroxylation sites is 2. The maximum atomic E-state index is 15.3. The van der Waals surface area contributed by atoms with Crippen molar-refractivity contribution in [2.45, 2.75) is 17.5 Å². The first kappa shape index (κ1) is 30.9. The van der Waals surface area contributed by atoms with E-state index in [-0.39, 0.29) is 28.8 Å². The SMILES string of the molecule is COc1ccc(C(=O)[C@H]2[C@H](C(=O)c3cc(OC)c(OC)c(OC)c3)[C@]3(C(=O)Nc4ccccc43)[C@H]3C=Cc4ccccc4N23)cc1OC. The van der Waals surface area contributed by atoms with Crippen LogP contribution in [-0.2, 0) is 10.2 Å². The number of ketones is 2. The number of nitrogens with zero attached hydrogens (tertiary/aromatic N) is 1. The van der Waals surface area contributed by atoms with Crippen molar-refractivity contribution in [1.82, 2.24) is 0 Å². The maximum absolute atomic E-state index is 15.3. The van der Waals surface area contributed by atoms with Gasteiger partial charge in [-0.15, -0.1) is 0 Å². The first-order chi connectivity index (χ1) is 23.3.